The van der Waals surface area contributed by atoms with Crippen LogP contribution in [0.3, 0.4) is 0 Å². The van der Waals surface area contributed by atoms with Crippen molar-refractivity contribution in [1.82, 2.24) is 4.90 Å². The number of rotatable bonds is 6. The highest BCUT2D eigenvalue weighted by atomic mass is 32.2. The number of hydrogen-bond acceptors (Lipinski definition) is 3. The van der Waals surface area contributed by atoms with E-state index in [9.17, 15) is 0 Å². The van der Waals surface area contributed by atoms with Crippen molar-refractivity contribution in [2.24, 2.45) is 0 Å². The predicted octanol–water partition coefficient (Wildman–Crippen LogP) is 4.63. The third-order valence-corrected chi connectivity index (χ3v) is 5.54. The predicted molar refractivity (Wildman–Crippen MR) is 103 cm³/mol. The molecule has 0 saturated carbocycles. The molecule has 1 aliphatic heterocycles. The molecule has 0 radical (unpaired) electrons. The van der Waals surface area contributed by atoms with E-state index in [4.69, 9.17) is 4.74 Å². The average molecular weight is 340 g/mol. The van der Waals surface area contributed by atoms with Crippen molar-refractivity contribution in [2.75, 3.05) is 32.8 Å². The zero-order valence-corrected chi connectivity index (χ0v) is 15.1. The van der Waals surface area contributed by atoms with Gasteiger partial charge in [0.1, 0.15) is 0 Å². The molecule has 0 aromatic heterocycles. The molecule has 0 N–H and O–H groups in total. The maximum absolute atomic E-state index is 5.43. The van der Waals surface area contributed by atoms with E-state index in [0.717, 1.165) is 44.2 Å². The first-order valence-electron chi connectivity index (χ1n) is 8.55. The van der Waals surface area contributed by atoms with E-state index in [1.54, 1.807) is 11.8 Å². The van der Waals surface area contributed by atoms with Crippen molar-refractivity contribution in [3.05, 3.63) is 71.8 Å². The molecular formula is C21H25NOS. The highest BCUT2D eigenvalue weighted by molar-refractivity contribution is 8.08. The molecule has 0 spiro atoms. The van der Waals surface area contributed by atoms with Gasteiger partial charge in [-0.05, 0) is 36.1 Å². The minimum Gasteiger partial charge on any atom is -0.379 e. The number of ether oxygens (including phenoxy) is 1. The molecule has 24 heavy (non-hydrogen) atoms. The highest BCUT2D eigenvalue weighted by Gasteiger charge is 2.12. The first kappa shape index (κ1) is 17.3. The summed E-state index contributed by atoms with van der Waals surface area (Å²) in [5.74, 6) is 0. The van der Waals surface area contributed by atoms with Crippen molar-refractivity contribution in [2.45, 2.75) is 18.2 Å². The van der Waals surface area contributed by atoms with Crippen LogP contribution in [0, 0.1) is 6.92 Å². The molecule has 1 aliphatic rings. The first-order valence-corrected chi connectivity index (χ1v) is 9.36. The average Bonchev–Trinajstić information content (AvgIpc) is 2.62. The quantitative estimate of drug-likeness (QED) is 0.712. The van der Waals surface area contributed by atoms with E-state index < -0.39 is 0 Å². The third-order valence-electron chi connectivity index (χ3n) is 4.45. The van der Waals surface area contributed by atoms with Crippen molar-refractivity contribution < 1.29 is 4.74 Å². The first-order chi connectivity index (χ1) is 11.7. The minimum absolute atomic E-state index is 0.862. The number of aryl methyl sites for hydroxylation is 1. The maximum atomic E-state index is 5.43. The van der Waals surface area contributed by atoms with Gasteiger partial charge in [-0.2, -0.15) is 0 Å². The molecule has 2 aromatic rings. The van der Waals surface area contributed by atoms with Gasteiger partial charge in [-0.3, -0.25) is 4.90 Å². The van der Waals surface area contributed by atoms with Crippen molar-refractivity contribution in [3.8, 4) is 0 Å². The van der Waals surface area contributed by atoms with Crippen LogP contribution in [0.2, 0.25) is 0 Å². The lowest BCUT2D eigenvalue weighted by Gasteiger charge is -2.26. The standard InChI is InChI=1S/C21H25NOS/c1-17-7-3-5-9-20(17)18(2)24-21-10-6-4-8-19(21)11-12-22-13-15-23-16-14-22/h3-10H,2,11-16H2,1H3. The topological polar surface area (TPSA) is 12.5 Å². The van der Waals surface area contributed by atoms with Crippen LogP contribution in [0.5, 0.6) is 0 Å². The van der Waals surface area contributed by atoms with Gasteiger partial charge < -0.3 is 4.74 Å². The molecule has 0 bridgehead atoms. The monoisotopic (exact) mass is 339 g/mol. The van der Waals surface area contributed by atoms with Crippen LogP contribution >= 0.6 is 11.8 Å². The summed E-state index contributed by atoms with van der Waals surface area (Å²) in [6.45, 7) is 11.4. The zero-order chi connectivity index (χ0) is 16.8. The lowest BCUT2D eigenvalue weighted by Crippen LogP contribution is -2.37. The Morgan fingerprint density at radius 1 is 1.08 bits per heavy atom. The summed E-state index contributed by atoms with van der Waals surface area (Å²) in [6, 6.07) is 17.2. The van der Waals surface area contributed by atoms with Gasteiger partial charge >= 0.3 is 0 Å². The molecule has 0 unspecified atom stereocenters. The van der Waals surface area contributed by atoms with Gasteiger partial charge in [-0.1, -0.05) is 60.8 Å². The van der Waals surface area contributed by atoms with Gasteiger partial charge in [0.15, 0.2) is 0 Å². The van der Waals surface area contributed by atoms with Gasteiger partial charge in [-0.15, -0.1) is 0 Å². The van der Waals surface area contributed by atoms with Crippen molar-refractivity contribution in [1.29, 1.82) is 0 Å². The Labute approximate surface area is 149 Å². The Kier molecular flexibility index (Phi) is 6.13. The van der Waals surface area contributed by atoms with Gasteiger partial charge in [0.2, 0.25) is 0 Å². The minimum atomic E-state index is 0.862. The molecule has 0 amide bonds. The van der Waals surface area contributed by atoms with Gasteiger partial charge in [0.25, 0.3) is 0 Å². The fourth-order valence-corrected chi connectivity index (χ4v) is 4.04. The lowest BCUT2D eigenvalue weighted by atomic mass is 10.1. The number of nitrogens with zero attached hydrogens (tertiary/aromatic N) is 1. The molecule has 0 atom stereocenters. The molecule has 3 heteroatoms. The summed E-state index contributed by atoms with van der Waals surface area (Å²) >= 11 is 1.79. The molecule has 2 nitrogen and oxygen atoms in total. The Morgan fingerprint density at radius 3 is 2.58 bits per heavy atom. The largest absolute Gasteiger partial charge is 0.379 e. The molecule has 1 saturated heterocycles. The van der Waals surface area contributed by atoms with Crippen LogP contribution in [0.25, 0.3) is 4.91 Å². The number of thioether (sulfide) groups is 1. The Balaban J connectivity index is 1.67. The zero-order valence-electron chi connectivity index (χ0n) is 14.3. The third kappa shape index (κ3) is 4.50. The normalized spacial score (nSPS) is 15.4. The summed E-state index contributed by atoms with van der Waals surface area (Å²) in [7, 11) is 0. The van der Waals surface area contributed by atoms with Gasteiger partial charge in [0.05, 0.1) is 13.2 Å². The SMILES string of the molecule is C=C(Sc1ccccc1CCN1CCOCC1)c1ccccc1C. The fourth-order valence-electron chi connectivity index (χ4n) is 2.99. The molecule has 1 heterocycles. The van der Waals surface area contributed by atoms with Crippen molar-refractivity contribution >= 4 is 16.7 Å². The summed E-state index contributed by atoms with van der Waals surface area (Å²) in [5.41, 5.74) is 3.93. The van der Waals surface area contributed by atoms with Crippen LogP contribution in [-0.4, -0.2) is 37.7 Å². The molecule has 0 aliphatic carbocycles. The molecule has 126 valence electrons. The summed E-state index contributed by atoms with van der Waals surface area (Å²) < 4.78 is 5.43. The Bertz CT molecular complexity index is 692. The van der Waals surface area contributed by atoms with E-state index in [1.807, 2.05) is 0 Å². The Hall–Kier alpha value is -1.55. The summed E-state index contributed by atoms with van der Waals surface area (Å²) in [4.78, 5) is 4.92. The van der Waals surface area contributed by atoms with E-state index >= 15 is 0 Å². The molecular weight excluding hydrogens is 314 g/mol. The fraction of sp³-hybridized carbons (Fsp3) is 0.333. The lowest BCUT2D eigenvalue weighted by molar-refractivity contribution is 0.0384. The smallest absolute Gasteiger partial charge is 0.0594 e. The van der Waals surface area contributed by atoms with Crippen LogP contribution in [0.15, 0.2) is 60.0 Å². The van der Waals surface area contributed by atoms with Crippen molar-refractivity contribution in [3.63, 3.8) is 0 Å². The second kappa shape index (κ2) is 8.52. The number of morpholine rings is 1. The van der Waals surface area contributed by atoms with Crippen LogP contribution < -0.4 is 0 Å². The van der Waals surface area contributed by atoms with E-state index in [1.165, 1.54) is 21.6 Å². The van der Waals surface area contributed by atoms with Crippen LogP contribution in [-0.2, 0) is 11.2 Å². The number of benzene rings is 2. The second-order valence-corrected chi connectivity index (χ2v) is 7.29. The summed E-state index contributed by atoms with van der Waals surface area (Å²) in [5, 5.41) is 0. The van der Waals surface area contributed by atoms with Gasteiger partial charge in [0, 0.05) is 29.4 Å². The molecule has 1 fully saturated rings. The molecule has 2 aromatic carbocycles. The van der Waals surface area contributed by atoms with E-state index in [2.05, 4.69) is 66.9 Å². The van der Waals surface area contributed by atoms with E-state index in [0.29, 0.717) is 0 Å². The molecule has 3 rings (SSSR count). The second-order valence-electron chi connectivity index (χ2n) is 6.15. The van der Waals surface area contributed by atoms with Crippen LogP contribution in [0.1, 0.15) is 16.7 Å². The number of hydrogen-bond donors (Lipinski definition) is 0. The van der Waals surface area contributed by atoms with Crippen LogP contribution in [0.4, 0.5) is 0 Å². The van der Waals surface area contributed by atoms with Gasteiger partial charge in [-0.25, -0.2) is 0 Å². The van der Waals surface area contributed by atoms with E-state index in [-0.39, 0.29) is 0 Å². The summed E-state index contributed by atoms with van der Waals surface area (Å²) in [6.07, 6.45) is 1.07. The highest BCUT2D eigenvalue weighted by Crippen LogP contribution is 2.36. The maximum Gasteiger partial charge on any atom is 0.0594 e. The Morgan fingerprint density at radius 2 is 1.79 bits per heavy atom.